The summed E-state index contributed by atoms with van der Waals surface area (Å²) in [6, 6.07) is 10.9. The number of hydrogen-bond donors (Lipinski definition) is 2. The average Bonchev–Trinajstić information content (AvgIpc) is 3.34. The van der Waals surface area contributed by atoms with Crippen LogP contribution in [0.25, 0.3) is 33.3 Å². The first-order valence-corrected chi connectivity index (χ1v) is 12.5. The van der Waals surface area contributed by atoms with Crippen LogP contribution in [0.1, 0.15) is 37.7 Å². The van der Waals surface area contributed by atoms with Crippen LogP contribution in [0.4, 0.5) is 19.0 Å². The fraction of sp³-hybridized carbons (Fsp3) is 0.310. The minimum absolute atomic E-state index is 0.0102. The highest BCUT2D eigenvalue weighted by Gasteiger charge is 2.36. The second-order valence-electron chi connectivity index (χ2n) is 9.99. The van der Waals surface area contributed by atoms with Crippen molar-refractivity contribution in [3.05, 3.63) is 65.6 Å². The van der Waals surface area contributed by atoms with Crippen molar-refractivity contribution in [3.8, 4) is 34.2 Å². The molecule has 7 rings (SSSR count). The van der Waals surface area contributed by atoms with Gasteiger partial charge in [0.25, 0.3) is 0 Å². The van der Waals surface area contributed by atoms with Crippen molar-refractivity contribution in [1.82, 2.24) is 9.97 Å². The van der Waals surface area contributed by atoms with E-state index in [0.717, 1.165) is 25.3 Å². The van der Waals surface area contributed by atoms with Crippen LogP contribution in [0.3, 0.4) is 0 Å². The Bertz CT molecular complexity index is 1530. The lowest BCUT2D eigenvalue weighted by molar-refractivity contribution is 0.157. The van der Waals surface area contributed by atoms with Crippen molar-refractivity contribution in [2.75, 3.05) is 12.4 Å². The highest BCUT2D eigenvalue weighted by molar-refractivity contribution is 5.98. The van der Waals surface area contributed by atoms with E-state index in [1.54, 1.807) is 24.3 Å². The number of anilines is 1. The van der Waals surface area contributed by atoms with Gasteiger partial charge in [0.15, 0.2) is 11.6 Å². The number of fused-ring (bicyclic) bond motifs is 4. The van der Waals surface area contributed by atoms with Crippen molar-refractivity contribution < 1.29 is 17.9 Å². The highest BCUT2D eigenvalue weighted by atomic mass is 19.1. The van der Waals surface area contributed by atoms with Crippen molar-refractivity contribution in [2.24, 2.45) is 11.8 Å². The lowest BCUT2D eigenvalue weighted by atomic mass is 9.68. The van der Waals surface area contributed by atoms with Crippen LogP contribution < -0.4 is 10.1 Å². The van der Waals surface area contributed by atoms with E-state index in [9.17, 15) is 14.0 Å². The van der Waals surface area contributed by atoms with E-state index < -0.39 is 17.5 Å². The third kappa shape index (κ3) is 3.99. The summed E-state index contributed by atoms with van der Waals surface area (Å²) >= 11 is 0. The van der Waals surface area contributed by atoms with Gasteiger partial charge in [-0.2, -0.15) is 5.26 Å². The Labute approximate surface area is 212 Å². The second kappa shape index (κ2) is 9.15. The zero-order valence-corrected chi connectivity index (χ0v) is 20.2. The number of pyridine rings is 1. The molecule has 5 nitrogen and oxygen atoms in total. The van der Waals surface area contributed by atoms with Gasteiger partial charge < -0.3 is 15.0 Å². The number of nitrogens with one attached hydrogen (secondary N) is 2. The van der Waals surface area contributed by atoms with Gasteiger partial charge in [-0.1, -0.05) is 25.0 Å². The minimum atomic E-state index is -0.756. The molecule has 3 fully saturated rings. The van der Waals surface area contributed by atoms with Crippen molar-refractivity contribution >= 4 is 16.7 Å². The van der Waals surface area contributed by atoms with Crippen LogP contribution in [-0.4, -0.2) is 23.1 Å². The number of nitriles is 1. The summed E-state index contributed by atoms with van der Waals surface area (Å²) in [5, 5.41) is 13.8. The number of methoxy groups -OCH3 is 1. The summed E-state index contributed by atoms with van der Waals surface area (Å²) in [6.07, 6.45) is 7.02. The molecule has 0 radical (unpaired) electrons. The molecule has 2 aromatic heterocycles. The maximum Gasteiger partial charge on any atom is 0.174 e. The molecule has 1 atom stereocenters. The molecule has 3 aliphatic rings. The summed E-state index contributed by atoms with van der Waals surface area (Å²) in [5.74, 6) is -0.439. The molecule has 0 spiro atoms. The first-order valence-electron chi connectivity index (χ1n) is 12.5. The third-order valence-corrected chi connectivity index (χ3v) is 7.96. The summed E-state index contributed by atoms with van der Waals surface area (Å²) in [4.78, 5) is 7.42. The number of aromatic amines is 1. The summed E-state index contributed by atoms with van der Waals surface area (Å²) in [5.41, 5.74) is 1.14. The fourth-order valence-electron chi connectivity index (χ4n) is 6.07. The molecule has 2 heterocycles. The maximum atomic E-state index is 16.2. The largest absolute Gasteiger partial charge is 0.497 e. The summed E-state index contributed by atoms with van der Waals surface area (Å²) < 4.78 is 50.1. The number of ether oxygens (including phenoxy) is 1. The quantitative estimate of drug-likeness (QED) is 0.303. The summed E-state index contributed by atoms with van der Waals surface area (Å²) in [6.45, 7) is 0. The fourth-order valence-corrected chi connectivity index (χ4v) is 6.07. The number of rotatable bonds is 5. The molecule has 2 aromatic carbocycles. The first-order chi connectivity index (χ1) is 18.0. The van der Waals surface area contributed by atoms with Crippen molar-refractivity contribution in [1.29, 1.82) is 5.26 Å². The van der Waals surface area contributed by atoms with Crippen LogP contribution in [0, 0.1) is 40.6 Å². The number of halogens is 3. The Hall–Kier alpha value is -3.99. The van der Waals surface area contributed by atoms with Gasteiger partial charge in [-0.25, -0.2) is 18.2 Å². The van der Waals surface area contributed by atoms with Gasteiger partial charge in [0.2, 0.25) is 0 Å². The van der Waals surface area contributed by atoms with Crippen LogP contribution in [-0.2, 0) is 0 Å². The van der Waals surface area contributed by atoms with Crippen molar-refractivity contribution in [2.45, 2.75) is 38.1 Å². The number of H-pyrrole nitrogens is 1. The molecule has 0 saturated heterocycles. The number of nitrogens with zero attached hydrogens (tertiary/aromatic N) is 2. The van der Waals surface area contributed by atoms with Gasteiger partial charge in [0.05, 0.1) is 23.9 Å². The second-order valence-corrected chi connectivity index (χ2v) is 9.99. The van der Waals surface area contributed by atoms with Crippen molar-refractivity contribution in [3.63, 3.8) is 0 Å². The van der Waals surface area contributed by atoms with E-state index in [1.807, 2.05) is 0 Å². The topological polar surface area (TPSA) is 73.7 Å². The zero-order chi connectivity index (χ0) is 25.7. The van der Waals surface area contributed by atoms with E-state index in [0.29, 0.717) is 28.7 Å². The molecule has 188 valence electrons. The lowest BCUT2D eigenvalue weighted by Crippen LogP contribution is -2.40. The Morgan fingerprint density at radius 1 is 1.08 bits per heavy atom. The number of benzene rings is 2. The molecule has 1 unspecified atom stereocenters. The van der Waals surface area contributed by atoms with E-state index in [-0.39, 0.29) is 39.6 Å². The maximum absolute atomic E-state index is 16.2. The lowest BCUT2D eigenvalue weighted by Gasteiger charge is -2.43. The van der Waals surface area contributed by atoms with Crippen LogP contribution in [0.15, 0.2) is 42.6 Å². The molecule has 3 aliphatic carbocycles. The summed E-state index contributed by atoms with van der Waals surface area (Å²) in [7, 11) is 1.54. The van der Waals surface area contributed by atoms with E-state index in [1.165, 1.54) is 32.2 Å². The van der Waals surface area contributed by atoms with Gasteiger partial charge in [-0.05, 0) is 54.9 Å². The normalized spacial score (nSPS) is 20.7. The van der Waals surface area contributed by atoms with Crippen LogP contribution in [0.2, 0.25) is 0 Å². The molecular formula is C29H25F3N4O. The Balaban J connectivity index is 1.57. The molecule has 0 amide bonds. The third-order valence-electron chi connectivity index (χ3n) is 7.96. The molecule has 3 saturated carbocycles. The smallest absolute Gasteiger partial charge is 0.174 e. The minimum Gasteiger partial charge on any atom is -0.497 e. The van der Waals surface area contributed by atoms with Crippen LogP contribution >= 0.6 is 0 Å². The molecule has 37 heavy (non-hydrogen) atoms. The SMILES string of the molecule is COc1ccc(-c2c(F)c(NC3CC4CCC3CC4)nc(-c3c[nH]c4c(F)cc(F)cc34)c2C#N)cc1. The van der Waals surface area contributed by atoms with Gasteiger partial charge in [0, 0.05) is 34.8 Å². The Morgan fingerprint density at radius 3 is 2.49 bits per heavy atom. The monoisotopic (exact) mass is 502 g/mol. The van der Waals surface area contributed by atoms with Gasteiger partial charge >= 0.3 is 0 Å². The Kier molecular flexibility index (Phi) is 5.79. The standard InChI is InChI=1S/C29H25F3N4O/c1-37-19-8-6-17(7-9-19)25-21(13-33)27(22-14-34-28-20(22)11-18(30)12-23(28)31)36-29(26(25)32)35-24-10-15-2-4-16(24)5-3-15/h6-9,11-12,14-16,24,34H,2-5,10H2,1H3,(H,35,36). The molecule has 2 N–H and O–H groups in total. The van der Waals surface area contributed by atoms with Gasteiger partial charge in [0.1, 0.15) is 23.5 Å². The van der Waals surface area contributed by atoms with Gasteiger partial charge in [-0.15, -0.1) is 0 Å². The molecule has 0 aliphatic heterocycles. The molecule has 4 aromatic rings. The Morgan fingerprint density at radius 2 is 1.84 bits per heavy atom. The first kappa shape index (κ1) is 23.4. The number of aromatic nitrogens is 2. The predicted octanol–water partition coefficient (Wildman–Crippen LogP) is 7.19. The van der Waals surface area contributed by atoms with E-state index >= 15 is 4.39 Å². The average molecular weight is 503 g/mol. The van der Waals surface area contributed by atoms with Gasteiger partial charge in [-0.3, -0.25) is 0 Å². The van der Waals surface area contributed by atoms with E-state index in [2.05, 4.69) is 21.4 Å². The zero-order valence-electron chi connectivity index (χ0n) is 20.2. The number of hydrogen-bond acceptors (Lipinski definition) is 4. The molecule has 2 bridgehead atoms. The molecular weight excluding hydrogens is 477 g/mol. The van der Waals surface area contributed by atoms with E-state index in [4.69, 9.17) is 4.74 Å². The predicted molar refractivity (Wildman–Crippen MR) is 136 cm³/mol. The molecule has 8 heteroatoms. The van der Waals surface area contributed by atoms with Crippen LogP contribution in [0.5, 0.6) is 5.75 Å². The highest BCUT2D eigenvalue weighted by Crippen LogP contribution is 2.44.